The normalized spacial score (nSPS) is 13.4. The van der Waals surface area contributed by atoms with Crippen LogP contribution in [0.5, 0.6) is 0 Å². The van der Waals surface area contributed by atoms with Gasteiger partial charge in [-0.25, -0.2) is 4.79 Å². The van der Waals surface area contributed by atoms with Crippen LogP contribution in [0.15, 0.2) is 66.7 Å². The number of nitrogens with one attached hydrogen (secondary N) is 1. The maximum Gasteiger partial charge on any atom is 0.326 e. The summed E-state index contributed by atoms with van der Waals surface area (Å²) in [7, 11) is 0. The van der Waals surface area contributed by atoms with Gasteiger partial charge in [0.1, 0.15) is 6.04 Å². The zero-order chi connectivity index (χ0) is 20.5. The number of rotatable bonds is 5. The van der Waals surface area contributed by atoms with Gasteiger partial charge < -0.3 is 10.4 Å². The first kappa shape index (κ1) is 18.9. The Balaban J connectivity index is 1.65. The molecule has 0 radical (unpaired) electrons. The van der Waals surface area contributed by atoms with E-state index in [1.807, 2.05) is 80.6 Å². The lowest BCUT2D eigenvalue weighted by Gasteiger charge is -2.20. The number of aryl methyl sites for hydroxylation is 2. The van der Waals surface area contributed by atoms with Gasteiger partial charge >= 0.3 is 5.97 Å². The molecular weight excluding hydrogens is 362 g/mol. The van der Waals surface area contributed by atoms with E-state index in [-0.39, 0.29) is 12.3 Å². The molecule has 4 nitrogen and oxygen atoms in total. The quantitative estimate of drug-likeness (QED) is 0.691. The number of carbonyl (C=O) groups excluding carboxylic acids is 1. The summed E-state index contributed by atoms with van der Waals surface area (Å²) in [6.45, 7) is 3.93. The molecule has 4 heteroatoms. The molecule has 3 aromatic rings. The van der Waals surface area contributed by atoms with Crippen molar-refractivity contribution in [2.45, 2.75) is 32.2 Å². The lowest BCUT2D eigenvalue weighted by atomic mass is 9.93. The second kappa shape index (κ2) is 7.55. The fourth-order valence-electron chi connectivity index (χ4n) is 4.27. The molecule has 4 rings (SSSR count). The molecule has 1 atom stereocenters. The van der Waals surface area contributed by atoms with Crippen LogP contribution in [-0.4, -0.2) is 23.0 Å². The lowest BCUT2D eigenvalue weighted by Crippen LogP contribution is -2.44. The highest BCUT2D eigenvalue weighted by molar-refractivity contribution is 5.97. The molecule has 2 N–H and O–H groups in total. The van der Waals surface area contributed by atoms with Gasteiger partial charge in [-0.05, 0) is 52.8 Å². The molecule has 1 amide bonds. The average Bonchev–Trinajstić information content (AvgIpc) is 3.04. The van der Waals surface area contributed by atoms with Crippen molar-refractivity contribution in [2.75, 3.05) is 0 Å². The maximum atomic E-state index is 13.3. The Bertz CT molecular complexity index is 1040. The van der Waals surface area contributed by atoms with Crippen molar-refractivity contribution in [3.05, 3.63) is 94.5 Å². The van der Waals surface area contributed by atoms with E-state index in [9.17, 15) is 14.7 Å². The third-order valence-corrected chi connectivity index (χ3v) is 5.76. The third kappa shape index (κ3) is 3.42. The first-order chi connectivity index (χ1) is 14.0. The van der Waals surface area contributed by atoms with Crippen LogP contribution in [0.4, 0.5) is 0 Å². The van der Waals surface area contributed by atoms with Crippen molar-refractivity contribution >= 4 is 11.9 Å². The number of carboxylic acid groups (broad SMARTS) is 1. The topological polar surface area (TPSA) is 66.4 Å². The number of benzene rings is 3. The SMILES string of the molecule is Cc1cccc(C)c1C[C@H](NC(=O)C1c2ccccc2-c2ccccc21)C(=O)O. The minimum Gasteiger partial charge on any atom is -0.480 e. The number of carboxylic acids is 1. The van der Waals surface area contributed by atoms with Gasteiger partial charge in [0.2, 0.25) is 5.91 Å². The summed E-state index contributed by atoms with van der Waals surface area (Å²) >= 11 is 0. The molecule has 0 aliphatic heterocycles. The van der Waals surface area contributed by atoms with Gasteiger partial charge in [0.05, 0.1) is 5.92 Å². The standard InChI is InChI=1S/C25H23NO3/c1-15-8-7-9-16(2)21(15)14-22(25(28)29)26-24(27)23-19-12-5-3-10-17(19)18-11-4-6-13-20(18)23/h3-13,22-23H,14H2,1-2H3,(H,26,27)(H,28,29)/t22-/m0/s1. The van der Waals surface area contributed by atoms with E-state index in [4.69, 9.17) is 0 Å². The molecule has 0 saturated carbocycles. The first-order valence-corrected chi connectivity index (χ1v) is 9.74. The van der Waals surface area contributed by atoms with E-state index in [0.29, 0.717) is 0 Å². The molecule has 0 unspecified atom stereocenters. The molecule has 3 aromatic carbocycles. The summed E-state index contributed by atoms with van der Waals surface area (Å²) in [6, 6.07) is 20.5. The van der Waals surface area contributed by atoms with Crippen molar-refractivity contribution in [2.24, 2.45) is 0 Å². The smallest absolute Gasteiger partial charge is 0.326 e. The number of fused-ring (bicyclic) bond motifs is 3. The molecule has 0 heterocycles. The molecule has 1 aliphatic rings. The number of hydrogen-bond acceptors (Lipinski definition) is 2. The van der Waals surface area contributed by atoms with Crippen LogP contribution in [0, 0.1) is 13.8 Å². The van der Waals surface area contributed by atoms with Gasteiger partial charge in [-0.1, -0.05) is 66.7 Å². The highest BCUT2D eigenvalue weighted by atomic mass is 16.4. The van der Waals surface area contributed by atoms with Crippen LogP contribution in [0.1, 0.15) is 33.7 Å². The Labute approximate surface area is 170 Å². The number of carbonyl (C=O) groups is 2. The monoisotopic (exact) mass is 385 g/mol. The van der Waals surface area contributed by atoms with Crippen LogP contribution in [0.3, 0.4) is 0 Å². The van der Waals surface area contributed by atoms with E-state index in [2.05, 4.69) is 5.32 Å². The Morgan fingerprint density at radius 3 is 1.90 bits per heavy atom. The molecule has 0 saturated heterocycles. The minimum absolute atomic E-state index is 0.260. The number of hydrogen-bond donors (Lipinski definition) is 2. The van der Waals surface area contributed by atoms with Crippen LogP contribution >= 0.6 is 0 Å². The van der Waals surface area contributed by atoms with Crippen molar-refractivity contribution in [3.8, 4) is 11.1 Å². The van der Waals surface area contributed by atoms with Crippen molar-refractivity contribution in [3.63, 3.8) is 0 Å². The Morgan fingerprint density at radius 2 is 1.38 bits per heavy atom. The third-order valence-electron chi connectivity index (χ3n) is 5.76. The zero-order valence-corrected chi connectivity index (χ0v) is 16.5. The number of amides is 1. The van der Waals surface area contributed by atoms with Gasteiger partial charge in [-0.15, -0.1) is 0 Å². The fraction of sp³-hybridized carbons (Fsp3) is 0.200. The summed E-state index contributed by atoms with van der Waals surface area (Å²) in [4.78, 5) is 25.2. The molecular formula is C25H23NO3. The van der Waals surface area contributed by atoms with E-state index in [0.717, 1.165) is 38.9 Å². The highest BCUT2D eigenvalue weighted by Crippen LogP contribution is 2.44. The van der Waals surface area contributed by atoms with Crippen molar-refractivity contribution in [1.82, 2.24) is 5.32 Å². The van der Waals surface area contributed by atoms with Crippen molar-refractivity contribution < 1.29 is 14.7 Å². The molecule has 1 aliphatic carbocycles. The second-order valence-corrected chi connectivity index (χ2v) is 7.58. The van der Waals surface area contributed by atoms with Gasteiger partial charge in [0.25, 0.3) is 0 Å². The molecule has 0 aromatic heterocycles. The summed E-state index contributed by atoms with van der Waals surface area (Å²) in [5, 5.41) is 12.6. The largest absolute Gasteiger partial charge is 0.480 e. The van der Waals surface area contributed by atoms with Crippen LogP contribution in [0.25, 0.3) is 11.1 Å². The second-order valence-electron chi connectivity index (χ2n) is 7.58. The van der Waals surface area contributed by atoms with Crippen LogP contribution in [-0.2, 0) is 16.0 Å². The van der Waals surface area contributed by atoms with E-state index in [1.165, 1.54) is 0 Å². The zero-order valence-electron chi connectivity index (χ0n) is 16.5. The summed E-state index contributed by atoms with van der Waals surface area (Å²) in [6.07, 6.45) is 0.260. The maximum absolute atomic E-state index is 13.3. The molecule has 29 heavy (non-hydrogen) atoms. The molecule has 0 fully saturated rings. The van der Waals surface area contributed by atoms with Gasteiger partial charge in [-0.2, -0.15) is 0 Å². The summed E-state index contributed by atoms with van der Waals surface area (Å²) < 4.78 is 0. The van der Waals surface area contributed by atoms with Crippen LogP contribution < -0.4 is 5.32 Å². The van der Waals surface area contributed by atoms with Crippen molar-refractivity contribution in [1.29, 1.82) is 0 Å². The predicted molar refractivity (Wildman–Crippen MR) is 113 cm³/mol. The molecule has 146 valence electrons. The Morgan fingerprint density at radius 1 is 0.862 bits per heavy atom. The summed E-state index contributed by atoms with van der Waals surface area (Å²) in [5.41, 5.74) is 6.93. The molecule has 0 spiro atoms. The van der Waals surface area contributed by atoms with Gasteiger partial charge in [0.15, 0.2) is 0 Å². The molecule has 0 bridgehead atoms. The first-order valence-electron chi connectivity index (χ1n) is 9.74. The fourth-order valence-corrected chi connectivity index (χ4v) is 4.27. The van der Waals surface area contributed by atoms with E-state index in [1.54, 1.807) is 0 Å². The minimum atomic E-state index is -1.03. The summed E-state index contributed by atoms with van der Waals surface area (Å²) in [5.74, 6) is -1.80. The highest BCUT2D eigenvalue weighted by Gasteiger charge is 2.35. The average molecular weight is 385 g/mol. The van der Waals surface area contributed by atoms with E-state index >= 15 is 0 Å². The Kier molecular flexibility index (Phi) is 4.93. The van der Waals surface area contributed by atoms with Gasteiger partial charge in [0, 0.05) is 6.42 Å². The van der Waals surface area contributed by atoms with Gasteiger partial charge in [-0.3, -0.25) is 4.79 Å². The predicted octanol–water partition coefficient (Wildman–Crippen LogP) is 4.23. The van der Waals surface area contributed by atoms with Crippen LogP contribution in [0.2, 0.25) is 0 Å². The number of aliphatic carboxylic acids is 1. The lowest BCUT2D eigenvalue weighted by molar-refractivity contribution is -0.141. The Hall–Kier alpha value is -3.40. The van der Waals surface area contributed by atoms with E-state index < -0.39 is 17.9 Å².